The van der Waals surface area contributed by atoms with Gasteiger partial charge in [-0.2, -0.15) is 5.26 Å². The lowest BCUT2D eigenvalue weighted by atomic mass is 10.2. The van der Waals surface area contributed by atoms with Crippen LogP contribution in [0.25, 0.3) is 0 Å². The number of ether oxygens (including phenoxy) is 1. The third-order valence-electron chi connectivity index (χ3n) is 2.37. The Balaban J connectivity index is 2.08. The highest BCUT2D eigenvalue weighted by Crippen LogP contribution is 2.20. The van der Waals surface area contributed by atoms with E-state index >= 15 is 0 Å². The van der Waals surface area contributed by atoms with Gasteiger partial charge in [0.05, 0.1) is 11.0 Å². The Labute approximate surface area is 109 Å². The molecule has 0 aliphatic carbocycles. The molecule has 6 nitrogen and oxygen atoms in total. The molecule has 0 saturated carbocycles. The van der Waals surface area contributed by atoms with Crippen LogP contribution < -0.4 is 4.74 Å². The van der Waals surface area contributed by atoms with E-state index in [1.807, 2.05) is 6.07 Å². The fourth-order valence-electron chi connectivity index (χ4n) is 1.48. The maximum absolute atomic E-state index is 10.6. The molecule has 0 aliphatic heterocycles. The fourth-order valence-corrected chi connectivity index (χ4v) is 1.48. The summed E-state index contributed by atoms with van der Waals surface area (Å²) >= 11 is 0. The van der Waals surface area contributed by atoms with Crippen molar-refractivity contribution in [3.05, 3.63) is 64.0 Å². The summed E-state index contributed by atoms with van der Waals surface area (Å²) in [4.78, 5) is 14.0. The quantitative estimate of drug-likeness (QED) is 0.618. The Bertz CT molecular complexity index is 650. The van der Waals surface area contributed by atoms with Crippen molar-refractivity contribution in [2.75, 3.05) is 0 Å². The Morgan fingerprint density at radius 3 is 2.95 bits per heavy atom. The molecule has 6 heteroatoms. The lowest BCUT2D eigenvalue weighted by Crippen LogP contribution is -1.97. The highest BCUT2D eigenvalue weighted by Gasteiger charge is 2.06. The van der Waals surface area contributed by atoms with E-state index in [1.165, 1.54) is 18.3 Å². The van der Waals surface area contributed by atoms with Crippen molar-refractivity contribution in [2.45, 2.75) is 6.61 Å². The Morgan fingerprint density at radius 1 is 1.37 bits per heavy atom. The summed E-state index contributed by atoms with van der Waals surface area (Å²) in [6, 6.07) is 11.2. The van der Waals surface area contributed by atoms with Crippen molar-refractivity contribution in [1.29, 1.82) is 5.26 Å². The summed E-state index contributed by atoms with van der Waals surface area (Å²) in [5.41, 5.74) is 1.06. The van der Waals surface area contributed by atoms with E-state index in [0.29, 0.717) is 11.4 Å². The summed E-state index contributed by atoms with van der Waals surface area (Å²) in [5, 5.41) is 19.3. The maximum Gasteiger partial charge on any atom is 0.273 e. The zero-order valence-corrected chi connectivity index (χ0v) is 9.81. The van der Waals surface area contributed by atoms with E-state index in [2.05, 4.69) is 4.98 Å². The molecular weight excluding hydrogens is 246 g/mol. The summed E-state index contributed by atoms with van der Waals surface area (Å²) in [7, 11) is 0. The molecule has 1 aromatic heterocycles. The van der Waals surface area contributed by atoms with Crippen LogP contribution >= 0.6 is 0 Å². The number of aromatic nitrogens is 1. The van der Waals surface area contributed by atoms with Crippen molar-refractivity contribution >= 4 is 5.69 Å². The Kier molecular flexibility index (Phi) is 3.69. The number of nitriles is 1. The zero-order valence-electron chi connectivity index (χ0n) is 9.81. The van der Waals surface area contributed by atoms with Gasteiger partial charge in [-0.25, -0.2) is 4.98 Å². The number of nitrogens with zero attached hydrogens (tertiary/aromatic N) is 3. The lowest BCUT2D eigenvalue weighted by Gasteiger charge is -2.05. The molecule has 0 saturated heterocycles. The normalized spacial score (nSPS) is 9.63. The second-order valence-corrected chi connectivity index (χ2v) is 3.70. The van der Waals surface area contributed by atoms with E-state index in [1.54, 1.807) is 24.3 Å². The van der Waals surface area contributed by atoms with Gasteiger partial charge in [0.1, 0.15) is 24.1 Å². The minimum atomic E-state index is -0.479. The first-order valence-corrected chi connectivity index (χ1v) is 5.41. The molecule has 19 heavy (non-hydrogen) atoms. The highest BCUT2D eigenvalue weighted by atomic mass is 16.6. The summed E-state index contributed by atoms with van der Waals surface area (Å²) in [5.74, 6) is 0.407. The number of non-ortho nitro benzene ring substituents is 1. The van der Waals surface area contributed by atoms with Crippen LogP contribution in [0.5, 0.6) is 5.75 Å². The monoisotopic (exact) mass is 255 g/mol. The molecule has 1 heterocycles. The van der Waals surface area contributed by atoms with Crippen molar-refractivity contribution in [1.82, 2.24) is 4.98 Å². The van der Waals surface area contributed by atoms with Gasteiger partial charge >= 0.3 is 0 Å². The van der Waals surface area contributed by atoms with Crippen LogP contribution in [0.15, 0.2) is 42.6 Å². The molecule has 0 unspecified atom stereocenters. The number of pyridine rings is 1. The van der Waals surface area contributed by atoms with Gasteiger partial charge in [-0.05, 0) is 23.8 Å². The average molecular weight is 255 g/mol. The first kappa shape index (κ1) is 12.5. The van der Waals surface area contributed by atoms with Crippen LogP contribution in [-0.2, 0) is 6.61 Å². The maximum atomic E-state index is 10.6. The molecule has 0 aliphatic rings. The van der Waals surface area contributed by atoms with Crippen LogP contribution in [0.4, 0.5) is 5.69 Å². The molecule has 0 amide bonds. The van der Waals surface area contributed by atoms with E-state index in [-0.39, 0.29) is 12.3 Å². The van der Waals surface area contributed by atoms with Crippen LogP contribution in [-0.4, -0.2) is 9.91 Å². The van der Waals surface area contributed by atoms with Gasteiger partial charge in [0.25, 0.3) is 5.69 Å². The first-order chi connectivity index (χ1) is 9.19. The van der Waals surface area contributed by atoms with Gasteiger partial charge in [-0.3, -0.25) is 10.1 Å². The number of benzene rings is 1. The minimum Gasteiger partial charge on any atom is -0.489 e. The molecule has 2 aromatic rings. The van der Waals surface area contributed by atoms with Crippen LogP contribution in [0.2, 0.25) is 0 Å². The van der Waals surface area contributed by atoms with E-state index in [9.17, 15) is 10.1 Å². The molecule has 0 radical (unpaired) electrons. The predicted molar refractivity (Wildman–Crippen MR) is 66.4 cm³/mol. The van der Waals surface area contributed by atoms with Gasteiger partial charge in [0.2, 0.25) is 0 Å². The Hall–Kier alpha value is -2.94. The van der Waals surface area contributed by atoms with Gasteiger partial charge in [0, 0.05) is 12.3 Å². The van der Waals surface area contributed by atoms with Gasteiger partial charge in [-0.15, -0.1) is 0 Å². The molecule has 94 valence electrons. The van der Waals surface area contributed by atoms with Gasteiger partial charge in [0.15, 0.2) is 0 Å². The van der Waals surface area contributed by atoms with Crippen molar-refractivity contribution < 1.29 is 9.66 Å². The van der Waals surface area contributed by atoms with Crippen LogP contribution in [0.3, 0.4) is 0 Å². The lowest BCUT2D eigenvalue weighted by molar-refractivity contribution is -0.384. The topological polar surface area (TPSA) is 89.0 Å². The fraction of sp³-hybridized carbons (Fsp3) is 0.0769. The zero-order chi connectivity index (χ0) is 13.7. The van der Waals surface area contributed by atoms with E-state index in [0.717, 1.165) is 5.56 Å². The van der Waals surface area contributed by atoms with Crippen molar-refractivity contribution in [3.8, 4) is 11.8 Å². The minimum absolute atomic E-state index is 0.0232. The standard InChI is InChI=1S/C13H9N3O3/c14-8-11-6-10(4-5-15-11)9-19-13-3-1-2-12(7-13)16(17)18/h1-7H,9H2. The number of hydrogen-bond acceptors (Lipinski definition) is 5. The molecular formula is C13H9N3O3. The highest BCUT2D eigenvalue weighted by molar-refractivity contribution is 5.38. The molecule has 1 aromatic carbocycles. The molecule has 0 spiro atoms. The molecule has 0 atom stereocenters. The second kappa shape index (κ2) is 5.60. The van der Waals surface area contributed by atoms with E-state index < -0.39 is 4.92 Å². The predicted octanol–water partition coefficient (Wildman–Crippen LogP) is 2.44. The number of nitro groups is 1. The SMILES string of the molecule is N#Cc1cc(COc2cccc([N+](=O)[O-])c2)ccn1. The smallest absolute Gasteiger partial charge is 0.273 e. The summed E-state index contributed by atoms with van der Waals surface area (Å²) in [6.07, 6.45) is 1.52. The average Bonchev–Trinajstić information content (AvgIpc) is 2.45. The van der Waals surface area contributed by atoms with Crippen molar-refractivity contribution in [3.63, 3.8) is 0 Å². The molecule has 0 fully saturated rings. The van der Waals surface area contributed by atoms with Gasteiger partial charge in [-0.1, -0.05) is 6.07 Å². The summed E-state index contributed by atoms with van der Waals surface area (Å²) in [6.45, 7) is 0.221. The van der Waals surface area contributed by atoms with Crippen LogP contribution in [0.1, 0.15) is 11.3 Å². The third-order valence-corrected chi connectivity index (χ3v) is 2.37. The molecule has 0 N–H and O–H groups in total. The first-order valence-electron chi connectivity index (χ1n) is 5.41. The Morgan fingerprint density at radius 2 is 2.21 bits per heavy atom. The second-order valence-electron chi connectivity index (χ2n) is 3.70. The molecule has 2 rings (SSSR count). The third kappa shape index (κ3) is 3.26. The number of rotatable bonds is 4. The summed E-state index contributed by atoms with van der Waals surface area (Å²) < 4.78 is 5.44. The van der Waals surface area contributed by atoms with Gasteiger partial charge < -0.3 is 4.74 Å². The molecule has 0 bridgehead atoms. The largest absolute Gasteiger partial charge is 0.489 e. The number of hydrogen-bond donors (Lipinski definition) is 0. The van der Waals surface area contributed by atoms with Crippen LogP contribution in [0, 0.1) is 21.4 Å². The van der Waals surface area contributed by atoms with E-state index in [4.69, 9.17) is 10.00 Å². The van der Waals surface area contributed by atoms with Crippen molar-refractivity contribution in [2.24, 2.45) is 0 Å². The number of nitro benzene ring substituents is 1.